The number of methoxy groups -OCH3 is 1. The first kappa shape index (κ1) is 16.4. The van der Waals surface area contributed by atoms with Gasteiger partial charge >= 0.3 is 11.9 Å². The molecule has 122 valence electrons. The number of benzene rings is 1. The van der Waals surface area contributed by atoms with Gasteiger partial charge in [0.2, 0.25) is 0 Å². The zero-order valence-electron chi connectivity index (χ0n) is 11.9. The lowest BCUT2D eigenvalue weighted by Crippen LogP contribution is -2.31. The predicted molar refractivity (Wildman–Crippen MR) is 72.1 cm³/mol. The molecule has 0 bridgehead atoms. The molecule has 1 fully saturated rings. The molecule has 1 aliphatic carbocycles. The summed E-state index contributed by atoms with van der Waals surface area (Å²) >= 11 is 0. The molecule has 0 atom stereocenters. The average molecular weight is 319 g/mol. The molecule has 0 spiro atoms. The Labute approximate surface area is 125 Å². The van der Waals surface area contributed by atoms with E-state index in [1.165, 1.54) is 25.3 Å². The smallest absolute Gasteiger partial charge is 0.391 e. The van der Waals surface area contributed by atoms with Crippen molar-refractivity contribution in [2.75, 3.05) is 7.11 Å². The number of alkyl halides is 3. The van der Waals surface area contributed by atoms with Gasteiger partial charge in [0.15, 0.2) is 5.75 Å². The molecule has 1 aliphatic rings. The molecule has 5 nitrogen and oxygen atoms in total. The van der Waals surface area contributed by atoms with Crippen LogP contribution in [0.2, 0.25) is 0 Å². The van der Waals surface area contributed by atoms with Crippen LogP contribution in [0.25, 0.3) is 0 Å². The second-order valence-corrected chi connectivity index (χ2v) is 5.22. The lowest BCUT2D eigenvalue weighted by atomic mass is 9.87. The summed E-state index contributed by atoms with van der Waals surface area (Å²) in [6, 6.07) is 4.16. The fraction of sp³-hybridized carbons (Fsp3) is 0.571. The molecule has 1 saturated carbocycles. The maximum absolute atomic E-state index is 12.6. The van der Waals surface area contributed by atoms with Crippen LogP contribution in [0.4, 0.5) is 18.9 Å². The minimum Gasteiger partial charge on any atom is -0.490 e. The van der Waals surface area contributed by atoms with Gasteiger partial charge < -0.3 is 9.47 Å². The fourth-order valence-corrected chi connectivity index (χ4v) is 2.59. The van der Waals surface area contributed by atoms with Gasteiger partial charge in [0.05, 0.1) is 30.1 Å². The van der Waals surface area contributed by atoms with Crippen LogP contribution in [0.3, 0.4) is 0 Å². The van der Waals surface area contributed by atoms with E-state index < -0.39 is 17.0 Å². The van der Waals surface area contributed by atoms with Gasteiger partial charge in [-0.05, 0) is 37.8 Å². The molecule has 0 radical (unpaired) electrons. The van der Waals surface area contributed by atoms with Gasteiger partial charge in [0.25, 0.3) is 0 Å². The highest BCUT2D eigenvalue weighted by atomic mass is 19.4. The zero-order chi connectivity index (χ0) is 16.3. The van der Waals surface area contributed by atoms with Gasteiger partial charge in [-0.2, -0.15) is 13.2 Å². The summed E-state index contributed by atoms with van der Waals surface area (Å²) in [7, 11) is 1.32. The zero-order valence-corrected chi connectivity index (χ0v) is 11.9. The van der Waals surface area contributed by atoms with Gasteiger partial charge in [0.1, 0.15) is 5.75 Å². The first-order chi connectivity index (χ1) is 10.3. The SMILES string of the molecule is COc1ccc(O[C@H]2CC[C@H](C(F)(F)F)CC2)cc1[N+](=O)[O-]. The third-order valence-electron chi connectivity index (χ3n) is 3.79. The van der Waals surface area contributed by atoms with Crippen LogP contribution in [0, 0.1) is 16.0 Å². The van der Waals surface area contributed by atoms with E-state index in [-0.39, 0.29) is 49.0 Å². The first-order valence-electron chi connectivity index (χ1n) is 6.87. The highest BCUT2D eigenvalue weighted by Gasteiger charge is 2.41. The normalized spacial score (nSPS) is 22.2. The van der Waals surface area contributed by atoms with E-state index in [1.807, 2.05) is 0 Å². The molecule has 22 heavy (non-hydrogen) atoms. The molecule has 0 unspecified atom stereocenters. The van der Waals surface area contributed by atoms with Crippen LogP contribution in [0.5, 0.6) is 11.5 Å². The molecule has 0 aliphatic heterocycles. The molecule has 1 aromatic carbocycles. The van der Waals surface area contributed by atoms with Crippen LogP contribution >= 0.6 is 0 Å². The summed E-state index contributed by atoms with van der Waals surface area (Å²) in [6.45, 7) is 0. The monoisotopic (exact) mass is 319 g/mol. The quantitative estimate of drug-likeness (QED) is 0.619. The van der Waals surface area contributed by atoms with E-state index in [9.17, 15) is 23.3 Å². The van der Waals surface area contributed by atoms with E-state index in [0.717, 1.165) is 0 Å². The van der Waals surface area contributed by atoms with Gasteiger partial charge in [-0.25, -0.2) is 0 Å². The molecule has 0 amide bonds. The van der Waals surface area contributed by atoms with Crippen molar-refractivity contribution >= 4 is 5.69 Å². The number of nitro groups is 1. The number of halogens is 3. The average Bonchev–Trinajstić information content (AvgIpc) is 2.46. The minimum atomic E-state index is -4.16. The molecule has 1 aromatic rings. The molecule has 0 N–H and O–H groups in total. The van der Waals surface area contributed by atoms with Crippen LogP contribution in [0.15, 0.2) is 18.2 Å². The Hall–Kier alpha value is -1.99. The number of ether oxygens (including phenoxy) is 2. The van der Waals surface area contributed by atoms with Crippen LogP contribution in [-0.2, 0) is 0 Å². The van der Waals surface area contributed by atoms with Crippen molar-refractivity contribution in [3.8, 4) is 11.5 Å². The second kappa shape index (κ2) is 6.41. The molecule has 0 saturated heterocycles. The van der Waals surface area contributed by atoms with Crippen LogP contribution in [0.1, 0.15) is 25.7 Å². The van der Waals surface area contributed by atoms with Gasteiger partial charge in [-0.3, -0.25) is 10.1 Å². The molecule has 0 aromatic heterocycles. The van der Waals surface area contributed by atoms with Gasteiger partial charge in [0, 0.05) is 0 Å². The number of nitro benzene ring substituents is 1. The summed E-state index contributed by atoms with van der Waals surface area (Å²) in [6.07, 6.45) is -3.91. The Bertz CT molecular complexity index is 539. The molecular formula is C14H16F3NO4. The number of hydrogen-bond acceptors (Lipinski definition) is 4. The summed E-state index contributed by atoms with van der Waals surface area (Å²) in [5.74, 6) is -0.904. The minimum absolute atomic E-state index is 0.0203. The van der Waals surface area contributed by atoms with Crippen molar-refractivity contribution in [2.24, 2.45) is 5.92 Å². The van der Waals surface area contributed by atoms with Crippen molar-refractivity contribution in [3.05, 3.63) is 28.3 Å². The second-order valence-electron chi connectivity index (χ2n) is 5.22. The Morgan fingerprint density at radius 2 is 1.86 bits per heavy atom. The van der Waals surface area contributed by atoms with Crippen LogP contribution < -0.4 is 9.47 Å². The highest BCUT2D eigenvalue weighted by Crippen LogP contribution is 2.39. The fourth-order valence-electron chi connectivity index (χ4n) is 2.59. The first-order valence-corrected chi connectivity index (χ1v) is 6.87. The maximum atomic E-state index is 12.6. The Morgan fingerprint density at radius 3 is 2.36 bits per heavy atom. The maximum Gasteiger partial charge on any atom is 0.391 e. The summed E-state index contributed by atoms with van der Waals surface area (Å²) in [5.41, 5.74) is -0.232. The Kier molecular flexibility index (Phi) is 4.77. The molecule has 8 heteroatoms. The molecule has 0 heterocycles. The van der Waals surface area contributed by atoms with E-state index in [1.54, 1.807) is 0 Å². The van der Waals surface area contributed by atoms with Crippen molar-refractivity contribution < 1.29 is 27.6 Å². The Balaban J connectivity index is 2.01. The van der Waals surface area contributed by atoms with Gasteiger partial charge in [-0.15, -0.1) is 0 Å². The lowest BCUT2D eigenvalue weighted by molar-refractivity contribution is -0.385. The number of nitrogens with zero attached hydrogens (tertiary/aromatic N) is 1. The van der Waals surface area contributed by atoms with E-state index in [4.69, 9.17) is 9.47 Å². The summed E-state index contributed by atoms with van der Waals surface area (Å²) in [4.78, 5) is 10.3. The largest absolute Gasteiger partial charge is 0.490 e. The predicted octanol–water partition coefficient (Wildman–Crippen LogP) is 4.10. The topological polar surface area (TPSA) is 61.6 Å². The number of rotatable bonds is 4. The van der Waals surface area contributed by atoms with Crippen molar-refractivity contribution in [2.45, 2.75) is 38.0 Å². The van der Waals surface area contributed by atoms with E-state index in [2.05, 4.69) is 0 Å². The summed E-state index contributed by atoms with van der Waals surface area (Å²) < 4.78 is 48.2. The summed E-state index contributed by atoms with van der Waals surface area (Å²) in [5, 5.41) is 10.9. The van der Waals surface area contributed by atoms with E-state index in [0.29, 0.717) is 0 Å². The standard InChI is InChI=1S/C14H16F3NO4/c1-21-13-7-6-11(8-12(13)18(19)20)22-10-4-2-9(3-5-10)14(15,16)17/h6-10H,2-5H2,1H3/t9-,10-. The third-order valence-corrected chi connectivity index (χ3v) is 3.79. The van der Waals surface area contributed by atoms with Crippen LogP contribution in [-0.4, -0.2) is 24.3 Å². The van der Waals surface area contributed by atoms with Crippen molar-refractivity contribution in [3.63, 3.8) is 0 Å². The number of hydrogen-bond donors (Lipinski definition) is 0. The van der Waals surface area contributed by atoms with Crippen molar-refractivity contribution in [1.82, 2.24) is 0 Å². The van der Waals surface area contributed by atoms with E-state index >= 15 is 0 Å². The van der Waals surface area contributed by atoms with Crippen molar-refractivity contribution in [1.29, 1.82) is 0 Å². The lowest BCUT2D eigenvalue weighted by Gasteiger charge is -2.30. The molecular weight excluding hydrogens is 303 g/mol. The third kappa shape index (κ3) is 3.80. The van der Waals surface area contributed by atoms with Gasteiger partial charge in [-0.1, -0.05) is 0 Å². The highest BCUT2D eigenvalue weighted by molar-refractivity contribution is 5.50. The Morgan fingerprint density at radius 1 is 1.23 bits per heavy atom. The molecule has 2 rings (SSSR count).